The lowest BCUT2D eigenvalue weighted by atomic mass is 10.0. The largest absolute Gasteiger partial charge is 0.377 e. The zero-order valence-corrected chi connectivity index (χ0v) is 16.1. The standard InChI is InChI=1S/C19H20N6OS/c1-11-8-14(23-22-11)16-17-18(27-24-16)13(19(20-3)4-5-19)9-15(21-17)25-6-7-26-10-12(25)2/h8-9,12H,4-7,10H2,1-2H3,(H,22,23)/t12-/m1/s1. The van der Waals surface area contributed by atoms with Crippen molar-refractivity contribution in [3.63, 3.8) is 0 Å². The van der Waals surface area contributed by atoms with Gasteiger partial charge in [0.2, 0.25) is 0 Å². The van der Waals surface area contributed by atoms with Crippen LogP contribution in [0.25, 0.3) is 26.4 Å². The van der Waals surface area contributed by atoms with E-state index in [9.17, 15) is 0 Å². The molecule has 3 aromatic rings. The van der Waals surface area contributed by atoms with Gasteiger partial charge in [0.05, 0.1) is 29.5 Å². The van der Waals surface area contributed by atoms with E-state index in [2.05, 4.69) is 37.3 Å². The Bertz CT molecular complexity index is 1060. The maximum atomic E-state index is 7.75. The number of H-pyrrole nitrogens is 1. The quantitative estimate of drug-likeness (QED) is 0.704. The van der Waals surface area contributed by atoms with E-state index in [0.717, 1.165) is 58.1 Å². The van der Waals surface area contributed by atoms with Crippen LogP contribution in [0.15, 0.2) is 12.1 Å². The average molecular weight is 380 g/mol. The van der Waals surface area contributed by atoms with Crippen LogP contribution < -0.4 is 4.90 Å². The maximum absolute atomic E-state index is 7.75. The molecule has 3 aromatic heterocycles. The number of pyridine rings is 1. The second kappa shape index (κ2) is 6.01. The number of ether oxygens (including phenoxy) is 1. The van der Waals surface area contributed by atoms with Crippen LogP contribution in [0.3, 0.4) is 0 Å². The molecule has 138 valence electrons. The number of anilines is 1. The first-order valence-corrected chi connectivity index (χ1v) is 9.95. The lowest BCUT2D eigenvalue weighted by Gasteiger charge is -2.34. The molecule has 0 aromatic carbocycles. The molecule has 1 N–H and O–H groups in total. The summed E-state index contributed by atoms with van der Waals surface area (Å²) in [5.74, 6) is 0.914. The van der Waals surface area contributed by atoms with E-state index in [4.69, 9.17) is 16.3 Å². The van der Waals surface area contributed by atoms with Gasteiger partial charge in [-0.1, -0.05) is 0 Å². The molecule has 7 nitrogen and oxygen atoms in total. The molecule has 0 amide bonds. The zero-order chi connectivity index (χ0) is 18.6. The second-order valence-corrected chi connectivity index (χ2v) is 8.21. The Balaban J connectivity index is 1.73. The Kier molecular flexibility index (Phi) is 3.71. The number of aromatic amines is 1. The van der Waals surface area contributed by atoms with E-state index in [1.165, 1.54) is 11.5 Å². The Morgan fingerprint density at radius 3 is 2.93 bits per heavy atom. The number of morpholine rings is 1. The van der Waals surface area contributed by atoms with E-state index in [-0.39, 0.29) is 6.04 Å². The summed E-state index contributed by atoms with van der Waals surface area (Å²) in [6.07, 6.45) is 1.81. The molecule has 8 heteroatoms. The van der Waals surface area contributed by atoms with Crippen LogP contribution in [0.2, 0.25) is 0 Å². The number of aryl methyl sites for hydroxylation is 1. The number of aromatic nitrogens is 4. The summed E-state index contributed by atoms with van der Waals surface area (Å²) in [5.41, 5.74) is 4.11. The summed E-state index contributed by atoms with van der Waals surface area (Å²) in [5, 5.41) is 7.36. The summed E-state index contributed by atoms with van der Waals surface area (Å²) < 4.78 is 11.3. The van der Waals surface area contributed by atoms with Crippen LogP contribution in [0, 0.1) is 13.5 Å². The molecule has 27 heavy (non-hydrogen) atoms. The van der Waals surface area contributed by atoms with Crippen molar-refractivity contribution >= 4 is 27.6 Å². The van der Waals surface area contributed by atoms with Gasteiger partial charge in [-0.25, -0.2) is 11.6 Å². The van der Waals surface area contributed by atoms with Gasteiger partial charge in [-0.15, -0.1) is 0 Å². The van der Waals surface area contributed by atoms with Crippen LogP contribution in [0.4, 0.5) is 5.82 Å². The van der Waals surface area contributed by atoms with Crippen molar-refractivity contribution in [2.24, 2.45) is 0 Å². The summed E-state index contributed by atoms with van der Waals surface area (Å²) in [7, 11) is 0. The molecular weight excluding hydrogens is 360 g/mol. The van der Waals surface area contributed by atoms with Crippen LogP contribution in [-0.2, 0) is 10.3 Å². The maximum Gasteiger partial charge on any atom is 0.259 e. The summed E-state index contributed by atoms with van der Waals surface area (Å²) in [4.78, 5) is 11.3. The van der Waals surface area contributed by atoms with Gasteiger partial charge in [0.25, 0.3) is 5.54 Å². The van der Waals surface area contributed by atoms with Crippen molar-refractivity contribution in [2.45, 2.75) is 38.3 Å². The molecule has 4 heterocycles. The smallest absolute Gasteiger partial charge is 0.259 e. The van der Waals surface area contributed by atoms with Gasteiger partial charge in [0.15, 0.2) is 0 Å². The van der Waals surface area contributed by atoms with E-state index in [1.54, 1.807) is 0 Å². The lowest BCUT2D eigenvalue weighted by molar-refractivity contribution is 0.0985. The van der Waals surface area contributed by atoms with E-state index in [1.807, 2.05) is 13.0 Å². The van der Waals surface area contributed by atoms with Crippen molar-refractivity contribution in [3.8, 4) is 11.4 Å². The van der Waals surface area contributed by atoms with Crippen molar-refractivity contribution in [1.82, 2.24) is 19.6 Å². The van der Waals surface area contributed by atoms with Gasteiger partial charge in [-0.2, -0.15) is 9.47 Å². The Labute approximate surface area is 161 Å². The highest BCUT2D eigenvalue weighted by Gasteiger charge is 2.54. The van der Waals surface area contributed by atoms with Crippen LogP contribution in [0.5, 0.6) is 0 Å². The van der Waals surface area contributed by atoms with Gasteiger partial charge >= 0.3 is 0 Å². The summed E-state index contributed by atoms with van der Waals surface area (Å²) >= 11 is 1.43. The highest BCUT2D eigenvalue weighted by molar-refractivity contribution is 7.13. The normalized spacial score (nSPS) is 21.4. The first-order chi connectivity index (χ1) is 13.1. The van der Waals surface area contributed by atoms with Crippen LogP contribution in [0.1, 0.15) is 31.0 Å². The predicted molar refractivity (Wildman–Crippen MR) is 105 cm³/mol. The Morgan fingerprint density at radius 2 is 2.26 bits per heavy atom. The number of fused-ring (bicyclic) bond motifs is 1. The monoisotopic (exact) mass is 380 g/mol. The van der Waals surface area contributed by atoms with Gasteiger partial charge < -0.3 is 14.5 Å². The number of nitrogens with zero attached hydrogens (tertiary/aromatic N) is 5. The van der Waals surface area contributed by atoms with Crippen LogP contribution in [-0.4, -0.2) is 45.4 Å². The minimum Gasteiger partial charge on any atom is -0.377 e. The molecule has 2 aliphatic rings. The van der Waals surface area contributed by atoms with Gasteiger partial charge in [0, 0.05) is 25.1 Å². The van der Waals surface area contributed by atoms with Gasteiger partial charge in [-0.3, -0.25) is 5.10 Å². The fourth-order valence-corrected chi connectivity index (χ4v) is 4.67. The third-order valence-electron chi connectivity index (χ3n) is 5.46. The first kappa shape index (κ1) is 16.7. The summed E-state index contributed by atoms with van der Waals surface area (Å²) in [6.45, 7) is 14.1. The molecule has 0 radical (unpaired) electrons. The summed E-state index contributed by atoms with van der Waals surface area (Å²) in [6, 6.07) is 4.36. The number of rotatable bonds is 3. The minimum atomic E-state index is -0.406. The van der Waals surface area contributed by atoms with Crippen LogP contribution >= 0.6 is 11.5 Å². The number of hydrogen-bond donors (Lipinski definition) is 1. The van der Waals surface area contributed by atoms with Crippen molar-refractivity contribution in [2.75, 3.05) is 24.7 Å². The van der Waals surface area contributed by atoms with E-state index >= 15 is 0 Å². The first-order valence-electron chi connectivity index (χ1n) is 9.17. The van der Waals surface area contributed by atoms with E-state index in [0.29, 0.717) is 13.2 Å². The highest BCUT2D eigenvalue weighted by atomic mass is 32.1. The molecule has 2 fully saturated rings. The van der Waals surface area contributed by atoms with Gasteiger partial charge in [0.1, 0.15) is 22.7 Å². The number of hydrogen-bond acceptors (Lipinski definition) is 6. The zero-order valence-electron chi connectivity index (χ0n) is 15.3. The molecule has 1 atom stereocenters. The third-order valence-corrected chi connectivity index (χ3v) is 6.33. The molecule has 1 saturated carbocycles. The average Bonchev–Trinajstić information content (AvgIpc) is 3.18. The Hall–Kier alpha value is -2.50. The fraction of sp³-hybridized carbons (Fsp3) is 0.474. The fourth-order valence-electron chi connectivity index (χ4n) is 3.73. The minimum absolute atomic E-state index is 0.252. The molecule has 0 bridgehead atoms. The third kappa shape index (κ3) is 2.61. The van der Waals surface area contributed by atoms with Gasteiger partial charge in [-0.05, 0) is 37.5 Å². The molecule has 1 saturated heterocycles. The van der Waals surface area contributed by atoms with E-state index < -0.39 is 5.54 Å². The molecule has 0 spiro atoms. The SMILES string of the molecule is [C-]#[N+]C1(c2cc(N3CCOC[C@H]3C)nc3c(-c4cc(C)[nH]n4)nsc23)CC1. The molecular formula is C19H20N6OS. The lowest BCUT2D eigenvalue weighted by Crippen LogP contribution is -2.44. The van der Waals surface area contributed by atoms with Crippen molar-refractivity contribution < 1.29 is 4.74 Å². The van der Waals surface area contributed by atoms with Crippen molar-refractivity contribution in [3.05, 3.63) is 34.8 Å². The Morgan fingerprint density at radius 1 is 1.41 bits per heavy atom. The highest BCUT2D eigenvalue weighted by Crippen LogP contribution is 2.53. The van der Waals surface area contributed by atoms with Crippen molar-refractivity contribution in [1.29, 1.82) is 0 Å². The molecule has 1 aliphatic heterocycles. The molecule has 1 aliphatic carbocycles. The molecule has 5 rings (SSSR count). The predicted octanol–water partition coefficient (Wildman–Crippen LogP) is 3.52. The second-order valence-electron chi connectivity index (χ2n) is 7.43. The topological polar surface area (TPSA) is 71.3 Å². The molecule has 0 unspecified atom stereocenters. The number of nitrogens with one attached hydrogen (secondary N) is 1.